The van der Waals surface area contributed by atoms with Crippen LogP contribution >= 0.6 is 11.6 Å². The lowest BCUT2D eigenvalue weighted by Crippen LogP contribution is -2.12. The number of benzene rings is 2. The maximum absolute atomic E-state index is 14.1. The Hall–Kier alpha value is -2.44. The van der Waals surface area contributed by atoms with Crippen molar-refractivity contribution in [1.82, 2.24) is 0 Å². The average Bonchev–Trinajstić information content (AvgIpc) is 3.29. The summed E-state index contributed by atoms with van der Waals surface area (Å²) in [5.41, 5.74) is 0.186. The number of esters is 1. The SMILES string of the molecule is CC1(C)C(OCC=C(F)CCl)C1C(=O)OCc1ccc(F)c(Oc2ccccc2)c1. The van der Waals surface area contributed by atoms with E-state index >= 15 is 0 Å². The Bertz CT molecular complexity index is 915. The highest BCUT2D eigenvalue weighted by molar-refractivity contribution is 6.19. The van der Waals surface area contributed by atoms with Crippen LogP contribution in [0.1, 0.15) is 19.4 Å². The molecule has 1 saturated carbocycles. The zero-order valence-electron chi connectivity index (χ0n) is 16.7. The largest absolute Gasteiger partial charge is 0.461 e. The fourth-order valence-corrected chi connectivity index (χ4v) is 3.31. The van der Waals surface area contributed by atoms with Crippen molar-refractivity contribution in [3.63, 3.8) is 0 Å². The summed E-state index contributed by atoms with van der Waals surface area (Å²) in [5.74, 6) is -1.51. The second kappa shape index (κ2) is 9.58. The molecule has 4 nitrogen and oxygen atoms in total. The van der Waals surface area contributed by atoms with Crippen LogP contribution < -0.4 is 4.74 Å². The number of ether oxygens (including phenoxy) is 3. The third-order valence-electron chi connectivity index (χ3n) is 5.04. The number of halogens is 3. The minimum Gasteiger partial charge on any atom is -0.461 e. The Morgan fingerprint density at radius 2 is 1.93 bits per heavy atom. The number of carbonyl (C=O) groups is 1. The molecule has 0 amide bonds. The first-order valence-corrected chi connectivity index (χ1v) is 10.1. The molecule has 3 rings (SSSR count). The molecule has 0 N–H and O–H groups in total. The number of allylic oxidation sites excluding steroid dienone is 1. The summed E-state index contributed by atoms with van der Waals surface area (Å²) in [6.07, 6.45) is 0.880. The fourth-order valence-electron chi connectivity index (χ4n) is 3.20. The molecule has 0 aromatic heterocycles. The predicted molar refractivity (Wildman–Crippen MR) is 110 cm³/mol. The van der Waals surface area contributed by atoms with Crippen molar-refractivity contribution in [2.45, 2.75) is 26.6 Å². The molecule has 1 aliphatic carbocycles. The van der Waals surface area contributed by atoms with Crippen LogP contribution in [0.4, 0.5) is 8.78 Å². The van der Waals surface area contributed by atoms with Gasteiger partial charge in [-0.15, -0.1) is 11.6 Å². The predicted octanol–water partition coefficient (Wildman–Crippen LogP) is 5.79. The van der Waals surface area contributed by atoms with E-state index in [0.29, 0.717) is 11.3 Å². The summed E-state index contributed by atoms with van der Waals surface area (Å²) in [6, 6.07) is 13.1. The Labute approximate surface area is 179 Å². The Balaban J connectivity index is 1.56. The van der Waals surface area contributed by atoms with Crippen LogP contribution in [0.25, 0.3) is 0 Å². The Morgan fingerprint density at radius 1 is 1.20 bits per heavy atom. The van der Waals surface area contributed by atoms with Gasteiger partial charge in [0.25, 0.3) is 0 Å². The molecule has 2 atom stereocenters. The van der Waals surface area contributed by atoms with Gasteiger partial charge in [-0.25, -0.2) is 8.78 Å². The van der Waals surface area contributed by atoms with E-state index in [4.69, 9.17) is 25.8 Å². The molecular formula is C23H23ClF2O4. The maximum atomic E-state index is 14.1. The van der Waals surface area contributed by atoms with Crippen molar-refractivity contribution < 1.29 is 27.8 Å². The van der Waals surface area contributed by atoms with Gasteiger partial charge in [-0.1, -0.05) is 38.1 Å². The number of alkyl halides is 1. The molecule has 0 spiro atoms. The third kappa shape index (κ3) is 5.37. The standard InChI is InChI=1S/C23H23ClF2O4/c1-23(2)20(21(23)28-11-10-16(25)13-24)22(27)29-14-15-8-9-18(26)19(12-15)30-17-6-4-3-5-7-17/h3-10,12,20-21H,11,13-14H2,1-2H3. The molecule has 2 unspecified atom stereocenters. The van der Waals surface area contributed by atoms with E-state index in [9.17, 15) is 13.6 Å². The molecule has 1 fully saturated rings. The molecule has 1 aliphatic rings. The number of rotatable bonds is 9. The first-order valence-electron chi connectivity index (χ1n) is 9.53. The summed E-state index contributed by atoms with van der Waals surface area (Å²) < 4.78 is 43.7. The van der Waals surface area contributed by atoms with Gasteiger partial charge >= 0.3 is 5.97 Å². The number of hydrogen-bond acceptors (Lipinski definition) is 4. The van der Waals surface area contributed by atoms with Gasteiger partial charge in [0, 0.05) is 5.41 Å². The number of carbonyl (C=O) groups excluding carboxylic acids is 1. The highest BCUT2D eigenvalue weighted by Crippen LogP contribution is 2.54. The molecule has 0 saturated heterocycles. The van der Waals surface area contributed by atoms with Crippen LogP contribution in [-0.4, -0.2) is 24.6 Å². The van der Waals surface area contributed by atoms with E-state index in [1.54, 1.807) is 24.3 Å². The van der Waals surface area contributed by atoms with Crippen LogP contribution in [0.15, 0.2) is 60.4 Å². The lowest BCUT2D eigenvalue weighted by Gasteiger charge is -2.10. The summed E-state index contributed by atoms with van der Waals surface area (Å²) in [6.45, 7) is 3.78. The van der Waals surface area contributed by atoms with Crippen LogP contribution in [0, 0.1) is 17.2 Å². The van der Waals surface area contributed by atoms with E-state index in [1.165, 1.54) is 24.3 Å². The molecule has 30 heavy (non-hydrogen) atoms. The average molecular weight is 437 g/mol. The molecule has 0 radical (unpaired) electrons. The molecule has 160 valence electrons. The summed E-state index contributed by atoms with van der Waals surface area (Å²) in [7, 11) is 0. The van der Waals surface area contributed by atoms with Gasteiger partial charge in [0.15, 0.2) is 11.6 Å². The first-order chi connectivity index (χ1) is 14.3. The topological polar surface area (TPSA) is 44.8 Å². The summed E-state index contributed by atoms with van der Waals surface area (Å²) in [5, 5.41) is 0. The van der Waals surface area contributed by atoms with Crippen LogP contribution in [0.5, 0.6) is 11.5 Å². The molecule has 0 bridgehead atoms. The number of hydrogen-bond donors (Lipinski definition) is 0. The van der Waals surface area contributed by atoms with E-state index in [2.05, 4.69) is 0 Å². The fraction of sp³-hybridized carbons (Fsp3) is 0.348. The lowest BCUT2D eigenvalue weighted by molar-refractivity contribution is -0.148. The minimum atomic E-state index is -0.511. The molecular weight excluding hydrogens is 414 g/mol. The van der Waals surface area contributed by atoms with E-state index < -0.39 is 28.9 Å². The van der Waals surface area contributed by atoms with E-state index in [1.807, 2.05) is 19.9 Å². The third-order valence-corrected chi connectivity index (χ3v) is 5.29. The maximum Gasteiger partial charge on any atom is 0.312 e. The van der Waals surface area contributed by atoms with Gasteiger partial charge in [0.2, 0.25) is 0 Å². The summed E-state index contributed by atoms with van der Waals surface area (Å²) in [4.78, 5) is 12.5. The van der Waals surface area contributed by atoms with Crippen molar-refractivity contribution in [1.29, 1.82) is 0 Å². The Kier molecular flexibility index (Phi) is 7.10. The van der Waals surface area contributed by atoms with Crippen LogP contribution in [0.3, 0.4) is 0 Å². The van der Waals surface area contributed by atoms with Crippen molar-refractivity contribution in [3.05, 3.63) is 71.8 Å². The van der Waals surface area contributed by atoms with Crippen molar-refractivity contribution in [2.75, 3.05) is 12.5 Å². The summed E-state index contributed by atoms with van der Waals surface area (Å²) >= 11 is 5.38. The van der Waals surface area contributed by atoms with Crippen LogP contribution in [0.2, 0.25) is 0 Å². The molecule has 0 heterocycles. The molecule has 7 heteroatoms. The van der Waals surface area contributed by atoms with Crippen molar-refractivity contribution in [3.8, 4) is 11.5 Å². The zero-order chi connectivity index (χ0) is 21.7. The quantitative estimate of drug-likeness (QED) is 0.368. The van der Waals surface area contributed by atoms with Gasteiger partial charge in [0.05, 0.1) is 24.5 Å². The second-order valence-electron chi connectivity index (χ2n) is 7.63. The smallest absolute Gasteiger partial charge is 0.312 e. The van der Waals surface area contributed by atoms with Gasteiger partial charge in [0.1, 0.15) is 18.2 Å². The Morgan fingerprint density at radius 3 is 2.63 bits per heavy atom. The minimum absolute atomic E-state index is 0.0235. The molecule has 0 aliphatic heterocycles. The highest BCUT2D eigenvalue weighted by Gasteiger charge is 2.64. The van der Waals surface area contributed by atoms with E-state index in [0.717, 1.165) is 0 Å². The van der Waals surface area contributed by atoms with Gasteiger partial charge in [-0.3, -0.25) is 4.79 Å². The van der Waals surface area contributed by atoms with Crippen LogP contribution in [-0.2, 0) is 20.9 Å². The lowest BCUT2D eigenvalue weighted by atomic mass is 10.1. The van der Waals surface area contributed by atoms with Gasteiger partial charge < -0.3 is 14.2 Å². The first kappa shape index (κ1) is 22.2. The van der Waals surface area contributed by atoms with Crippen molar-refractivity contribution in [2.24, 2.45) is 11.3 Å². The number of para-hydroxylation sites is 1. The van der Waals surface area contributed by atoms with Crippen molar-refractivity contribution >= 4 is 17.6 Å². The monoisotopic (exact) mass is 436 g/mol. The molecule has 2 aromatic carbocycles. The van der Waals surface area contributed by atoms with Gasteiger partial charge in [-0.2, -0.15) is 0 Å². The zero-order valence-corrected chi connectivity index (χ0v) is 17.5. The normalized spacial score (nSPS) is 20.0. The second-order valence-corrected chi connectivity index (χ2v) is 7.89. The van der Waals surface area contributed by atoms with E-state index in [-0.39, 0.29) is 30.9 Å². The highest BCUT2D eigenvalue weighted by atomic mass is 35.5. The molecule has 2 aromatic rings. The van der Waals surface area contributed by atoms with Gasteiger partial charge in [-0.05, 0) is 35.9 Å².